The minimum absolute atomic E-state index is 0.0407. The van der Waals surface area contributed by atoms with E-state index in [1.165, 1.54) is 4.57 Å². The zero-order chi connectivity index (χ0) is 15.5. The number of carbonyl (C=O) groups is 1. The fourth-order valence-electron chi connectivity index (χ4n) is 2.96. The second kappa shape index (κ2) is 6.36. The van der Waals surface area contributed by atoms with Crippen LogP contribution in [0.5, 0.6) is 0 Å². The molecule has 1 aromatic carbocycles. The normalized spacial score (nSPS) is 18.0. The summed E-state index contributed by atoms with van der Waals surface area (Å²) in [5, 5.41) is 2.86. The van der Waals surface area contributed by atoms with Crippen LogP contribution in [-0.2, 0) is 22.6 Å². The van der Waals surface area contributed by atoms with Gasteiger partial charge in [-0.3, -0.25) is 13.9 Å². The lowest BCUT2D eigenvalue weighted by Crippen LogP contribution is -2.36. The minimum atomic E-state index is -0.156. The van der Waals surface area contributed by atoms with E-state index in [0.29, 0.717) is 13.1 Å². The maximum atomic E-state index is 12.4. The van der Waals surface area contributed by atoms with Gasteiger partial charge in [0.05, 0.1) is 17.1 Å². The molecule has 22 heavy (non-hydrogen) atoms. The Bertz CT molecular complexity index is 726. The van der Waals surface area contributed by atoms with Crippen LogP contribution in [0, 0.1) is 0 Å². The van der Waals surface area contributed by atoms with Crippen LogP contribution in [0.4, 0.5) is 0 Å². The first-order valence-electron chi connectivity index (χ1n) is 7.77. The van der Waals surface area contributed by atoms with Gasteiger partial charge in [-0.1, -0.05) is 12.1 Å². The third-order valence-corrected chi connectivity index (χ3v) is 4.09. The van der Waals surface area contributed by atoms with Crippen LogP contribution in [0.1, 0.15) is 19.8 Å². The van der Waals surface area contributed by atoms with Crippen LogP contribution < -0.4 is 11.0 Å². The van der Waals surface area contributed by atoms with Crippen molar-refractivity contribution in [3.8, 4) is 0 Å². The van der Waals surface area contributed by atoms with Crippen molar-refractivity contribution in [3.05, 3.63) is 34.7 Å². The number of benzene rings is 1. The molecule has 3 rings (SSSR count). The first kappa shape index (κ1) is 14.8. The number of ether oxygens (including phenoxy) is 1. The first-order valence-corrected chi connectivity index (χ1v) is 7.77. The summed E-state index contributed by atoms with van der Waals surface area (Å²) in [5.41, 5.74) is 1.51. The number of amides is 1. The molecule has 0 bridgehead atoms. The minimum Gasteiger partial charge on any atom is -0.376 e. The summed E-state index contributed by atoms with van der Waals surface area (Å²) in [6.45, 7) is 3.84. The van der Waals surface area contributed by atoms with Crippen molar-refractivity contribution in [2.24, 2.45) is 0 Å². The second-order valence-electron chi connectivity index (χ2n) is 5.54. The van der Waals surface area contributed by atoms with Crippen molar-refractivity contribution in [2.75, 3.05) is 13.2 Å². The monoisotopic (exact) mass is 303 g/mol. The fourth-order valence-corrected chi connectivity index (χ4v) is 2.96. The summed E-state index contributed by atoms with van der Waals surface area (Å²) in [7, 11) is 0. The molecule has 118 valence electrons. The number of nitrogens with zero attached hydrogens (tertiary/aromatic N) is 2. The first-order chi connectivity index (χ1) is 10.7. The fraction of sp³-hybridized carbons (Fsp3) is 0.500. The number of hydrogen-bond acceptors (Lipinski definition) is 3. The van der Waals surface area contributed by atoms with E-state index in [1.54, 1.807) is 4.57 Å². The molecule has 1 aliphatic heterocycles. The molecule has 0 unspecified atom stereocenters. The van der Waals surface area contributed by atoms with E-state index in [2.05, 4.69) is 5.32 Å². The molecule has 1 atom stereocenters. The Hall–Kier alpha value is -2.08. The van der Waals surface area contributed by atoms with Gasteiger partial charge in [0.2, 0.25) is 5.91 Å². The highest BCUT2D eigenvalue weighted by Gasteiger charge is 2.18. The van der Waals surface area contributed by atoms with E-state index in [1.807, 2.05) is 31.2 Å². The molecular formula is C16H21N3O3. The van der Waals surface area contributed by atoms with Gasteiger partial charge in [-0.15, -0.1) is 0 Å². The van der Waals surface area contributed by atoms with E-state index < -0.39 is 0 Å². The van der Waals surface area contributed by atoms with Gasteiger partial charge in [0.15, 0.2) is 0 Å². The molecule has 1 amide bonds. The molecule has 2 heterocycles. The molecule has 0 aliphatic carbocycles. The van der Waals surface area contributed by atoms with Gasteiger partial charge in [0, 0.05) is 19.7 Å². The lowest BCUT2D eigenvalue weighted by atomic mass is 10.2. The highest BCUT2D eigenvalue weighted by Crippen LogP contribution is 2.13. The summed E-state index contributed by atoms with van der Waals surface area (Å²) >= 11 is 0. The average molecular weight is 303 g/mol. The van der Waals surface area contributed by atoms with E-state index in [9.17, 15) is 9.59 Å². The zero-order valence-electron chi connectivity index (χ0n) is 12.7. The molecule has 1 aliphatic rings. The van der Waals surface area contributed by atoms with Gasteiger partial charge in [-0.05, 0) is 31.9 Å². The molecule has 0 saturated carbocycles. The van der Waals surface area contributed by atoms with Crippen molar-refractivity contribution in [3.63, 3.8) is 0 Å². The Morgan fingerprint density at radius 1 is 1.32 bits per heavy atom. The van der Waals surface area contributed by atoms with Gasteiger partial charge >= 0.3 is 5.69 Å². The third kappa shape index (κ3) is 2.78. The Morgan fingerprint density at radius 3 is 2.68 bits per heavy atom. The van der Waals surface area contributed by atoms with E-state index >= 15 is 0 Å². The number of aromatic nitrogens is 2. The highest BCUT2D eigenvalue weighted by molar-refractivity contribution is 5.80. The predicted molar refractivity (Wildman–Crippen MR) is 83.9 cm³/mol. The van der Waals surface area contributed by atoms with Crippen LogP contribution in [-0.4, -0.2) is 34.3 Å². The largest absolute Gasteiger partial charge is 0.376 e. The molecule has 1 N–H and O–H groups in total. The van der Waals surface area contributed by atoms with Gasteiger partial charge in [0.25, 0.3) is 0 Å². The van der Waals surface area contributed by atoms with Crippen molar-refractivity contribution in [1.29, 1.82) is 0 Å². The van der Waals surface area contributed by atoms with Gasteiger partial charge in [-0.25, -0.2) is 4.79 Å². The summed E-state index contributed by atoms with van der Waals surface area (Å²) < 4.78 is 8.70. The number of fused-ring (bicyclic) bond motifs is 1. The third-order valence-electron chi connectivity index (χ3n) is 4.09. The van der Waals surface area contributed by atoms with Crippen molar-refractivity contribution in [1.82, 2.24) is 14.5 Å². The van der Waals surface area contributed by atoms with Crippen LogP contribution in [0.25, 0.3) is 11.0 Å². The van der Waals surface area contributed by atoms with Gasteiger partial charge in [0.1, 0.15) is 6.54 Å². The summed E-state index contributed by atoms with van der Waals surface area (Å²) in [6, 6.07) is 7.55. The van der Waals surface area contributed by atoms with Crippen LogP contribution in [0.2, 0.25) is 0 Å². The molecule has 1 fully saturated rings. The maximum Gasteiger partial charge on any atom is 0.329 e. The van der Waals surface area contributed by atoms with Crippen LogP contribution in [0.3, 0.4) is 0 Å². The van der Waals surface area contributed by atoms with Crippen molar-refractivity contribution in [2.45, 2.75) is 39.0 Å². The lowest BCUT2D eigenvalue weighted by Gasteiger charge is -2.11. The van der Waals surface area contributed by atoms with Crippen molar-refractivity contribution >= 4 is 16.9 Å². The molecule has 6 heteroatoms. The van der Waals surface area contributed by atoms with Crippen LogP contribution >= 0.6 is 0 Å². The topological polar surface area (TPSA) is 65.3 Å². The number of carbonyl (C=O) groups excluding carboxylic acids is 1. The van der Waals surface area contributed by atoms with Gasteiger partial charge in [-0.2, -0.15) is 0 Å². The van der Waals surface area contributed by atoms with Crippen molar-refractivity contribution < 1.29 is 9.53 Å². The molecular weight excluding hydrogens is 282 g/mol. The summed E-state index contributed by atoms with van der Waals surface area (Å²) in [5.74, 6) is -0.156. The summed E-state index contributed by atoms with van der Waals surface area (Å²) in [4.78, 5) is 24.6. The lowest BCUT2D eigenvalue weighted by molar-refractivity contribution is -0.122. The zero-order valence-corrected chi connectivity index (χ0v) is 12.7. The molecule has 0 spiro atoms. The maximum absolute atomic E-state index is 12.4. The number of imidazole rings is 1. The Balaban J connectivity index is 1.77. The molecule has 2 aromatic rings. The second-order valence-corrected chi connectivity index (χ2v) is 5.54. The Kier molecular flexibility index (Phi) is 4.29. The molecule has 6 nitrogen and oxygen atoms in total. The Labute approximate surface area is 128 Å². The smallest absolute Gasteiger partial charge is 0.329 e. The average Bonchev–Trinajstić information content (AvgIpc) is 3.13. The summed E-state index contributed by atoms with van der Waals surface area (Å²) in [6.07, 6.45) is 2.14. The molecule has 1 aromatic heterocycles. The SMILES string of the molecule is CCn1c(=O)n(CC(=O)NC[C@H]2CCCO2)c2ccccc21. The number of aryl methyl sites for hydroxylation is 1. The van der Waals surface area contributed by atoms with E-state index in [0.717, 1.165) is 30.5 Å². The standard InChI is InChI=1S/C16H21N3O3/c1-2-18-13-7-3-4-8-14(13)19(16(18)21)11-15(20)17-10-12-6-5-9-22-12/h3-4,7-8,12H,2,5-6,9-11H2,1H3,(H,17,20)/t12-/m1/s1. The van der Waals surface area contributed by atoms with Crippen LogP contribution in [0.15, 0.2) is 29.1 Å². The Morgan fingerprint density at radius 2 is 2.05 bits per heavy atom. The molecule has 1 saturated heterocycles. The number of rotatable bonds is 5. The quantitative estimate of drug-likeness (QED) is 0.900. The highest BCUT2D eigenvalue weighted by atomic mass is 16.5. The predicted octanol–water partition coefficient (Wildman–Crippen LogP) is 1.12. The van der Waals surface area contributed by atoms with E-state index in [-0.39, 0.29) is 24.2 Å². The van der Waals surface area contributed by atoms with Gasteiger partial charge < -0.3 is 10.1 Å². The number of hydrogen-bond donors (Lipinski definition) is 1. The van der Waals surface area contributed by atoms with E-state index in [4.69, 9.17) is 4.74 Å². The number of para-hydroxylation sites is 2. The number of nitrogens with one attached hydrogen (secondary N) is 1. The molecule has 0 radical (unpaired) electrons.